The summed E-state index contributed by atoms with van der Waals surface area (Å²) in [7, 11) is 9.87. The third kappa shape index (κ3) is 5.61. The van der Waals surface area contributed by atoms with Gasteiger partial charge < -0.3 is 9.13 Å². The zero-order chi connectivity index (χ0) is 23.2. The molecule has 6 aromatic rings. The molecule has 33 heavy (non-hydrogen) atoms. The van der Waals surface area contributed by atoms with E-state index in [4.69, 9.17) is 17.0 Å². The molecule has 2 heterocycles. The predicted molar refractivity (Wildman–Crippen MR) is 139 cm³/mol. The van der Waals surface area contributed by atoms with Crippen LogP contribution in [0.2, 0.25) is 0 Å². The molecule has 0 saturated heterocycles. The van der Waals surface area contributed by atoms with E-state index in [1.54, 1.807) is 0 Å². The number of nitrogens with zero attached hydrogens (tertiary/aromatic N) is 2. The van der Waals surface area contributed by atoms with Crippen molar-refractivity contribution in [3.63, 3.8) is 0 Å². The van der Waals surface area contributed by atoms with Crippen LogP contribution in [-0.2, 0) is 20.8 Å². The molecule has 0 fully saturated rings. The van der Waals surface area contributed by atoms with Gasteiger partial charge in [0.05, 0.1) is 0 Å². The number of benzene rings is 2. The zero-order valence-electron chi connectivity index (χ0n) is 18.5. The van der Waals surface area contributed by atoms with Gasteiger partial charge in [0.15, 0.2) is 0 Å². The molecule has 0 aliphatic carbocycles. The van der Waals surface area contributed by atoms with E-state index in [1.165, 1.54) is 44.2 Å². The second-order valence-corrected chi connectivity index (χ2v) is 11.6. The quantitative estimate of drug-likeness (QED) is 0.191. The van der Waals surface area contributed by atoms with Gasteiger partial charge in [-0.2, -0.15) is 12.1 Å². The molecule has 0 amide bonds. The molecule has 0 unspecified atom stereocenters. The Kier molecular flexibility index (Phi) is 8.09. The zero-order valence-corrected chi connectivity index (χ0v) is 22.5. The van der Waals surface area contributed by atoms with Crippen LogP contribution >= 0.6 is 17.0 Å². The maximum atomic E-state index is 4.93. The van der Waals surface area contributed by atoms with E-state index in [1.807, 2.05) is 12.1 Å². The number of halogens is 2. The first kappa shape index (κ1) is 23.8. The fourth-order valence-corrected chi connectivity index (χ4v) is 4.16. The van der Waals surface area contributed by atoms with Gasteiger partial charge in [-0.1, -0.05) is 12.1 Å². The Labute approximate surface area is 213 Å². The van der Waals surface area contributed by atoms with Gasteiger partial charge in [0.1, 0.15) is 0 Å². The summed E-state index contributed by atoms with van der Waals surface area (Å²) in [4.78, 5) is 0. The Balaban J connectivity index is 0.000000142. The number of rotatable bonds is 2. The van der Waals surface area contributed by atoms with Crippen molar-refractivity contribution in [1.29, 1.82) is 0 Å². The predicted octanol–water partition coefficient (Wildman–Crippen LogP) is 8.69. The molecule has 6 rings (SSSR count). The van der Waals surface area contributed by atoms with Crippen molar-refractivity contribution in [2.24, 2.45) is 0 Å². The fourth-order valence-electron chi connectivity index (χ4n) is 4.16. The van der Waals surface area contributed by atoms with Crippen molar-refractivity contribution in [2.75, 3.05) is 0 Å². The number of hydrogen-bond donors (Lipinski definition) is 0. The Bertz CT molecular complexity index is 1400. The first-order chi connectivity index (χ1) is 16.1. The summed E-state index contributed by atoms with van der Waals surface area (Å²) in [6.45, 7) is 4.27. The van der Waals surface area contributed by atoms with Crippen LogP contribution in [-0.4, -0.2) is 9.13 Å². The Morgan fingerprint density at radius 3 is 2.24 bits per heavy atom. The minimum Gasteiger partial charge on any atom is -0.333 e. The molecule has 0 radical (unpaired) electrons. The van der Waals surface area contributed by atoms with Crippen LogP contribution in [0.25, 0.3) is 32.9 Å². The standard InChI is InChI=1S/C15H14N.C13H10N.2ClH.Zr/c1-11-7-12(2)16(10-11)15-8-13-5-3-4-6-14(13)9-15;1-2-10-14(9-1)13-8-4-6-11-5-3-7-12(11)13;;;/h3-10H,1-2H3;1-10H;2*1H;/q2*-1;;;+4/p-2. The normalized spacial score (nSPS) is 10.3. The number of fused-ring (bicyclic) bond motifs is 2. The summed E-state index contributed by atoms with van der Waals surface area (Å²) in [5.74, 6) is 0. The van der Waals surface area contributed by atoms with Crippen LogP contribution in [0.3, 0.4) is 0 Å². The molecule has 0 aliphatic heterocycles. The number of aryl methyl sites for hydroxylation is 2. The van der Waals surface area contributed by atoms with Crippen molar-refractivity contribution in [2.45, 2.75) is 13.8 Å². The van der Waals surface area contributed by atoms with Crippen LogP contribution in [0.15, 0.2) is 110 Å². The van der Waals surface area contributed by atoms with E-state index in [0.717, 1.165) is 0 Å². The maximum Gasteiger partial charge on any atom is 0.00799 e. The molecule has 164 valence electrons. The van der Waals surface area contributed by atoms with Gasteiger partial charge in [0, 0.05) is 30.0 Å². The van der Waals surface area contributed by atoms with Crippen molar-refractivity contribution in [3.8, 4) is 11.4 Å². The van der Waals surface area contributed by atoms with Crippen molar-refractivity contribution in [3.05, 3.63) is 121 Å². The molecule has 4 aromatic carbocycles. The minimum absolute atomic E-state index is 0.826. The monoisotopic (exact) mass is 548 g/mol. The van der Waals surface area contributed by atoms with E-state index in [2.05, 4.69) is 120 Å². The summed E-state index contributed by atoms with van der Waals surface area (Å²) in [5, 5.41) is 5.23. The Hall–Kier alpha value is -2.32. The smallest absolute Gasteiger partial charge is 0.00799 e. The summed E-state index contributed by atoms with van der Waals surface area (Å²) in [5.41, 5.74) is 5.10. The van der Waals surface area contributed by atoms with E-state index >= 15 is 0 Å². The first-order valence-corrected chi connectivity index (χ1v) is 17.0. The molecule has 2 aromatic heterocycles. The van der Waals surface area contributed by atoms with E-state index in [9.17, 15) is 0 Å². The van der Waals surface area contributed by atoms with Crippen LogP contribution in [0.5, 0.6) is 0 Å². The average Bonchev–Trinajstić information content (AvgIpc) is 3.60. The van der Waals surface area contributed by atoms with E-state index < -0.39 is 20.8 Å². The molecule has 0 spiro atoms. The largest absolute Gasteiger partial charge is 0.333 e. The molecule has 0 saturated carbocycles. The molecule has 2 nitrogen and oxygen atoms in total. The van der Waals surface area contributed by atoms with Gasteiger partial charge in [-0.05, 0) is 43.3 Å². The Morgan fingerprint density at radius 2 is 1.55 bits per heavy atom. The van der Waals surface area contributed by atoms with Crippen molar-refractivity contribution < 1.29 is 20.8 Å². The van der Waals surface area contributed by atoms with Crippen molar-refractivity contribution in [1.82, 2.24) is 9.13 Å². The SMILES string of the molecule is Cc1cc(C)n(-c2cc3ccccc3[cH-]2)c1.[Cl][Zr+2][Cl].c1cc(-n2cccc2)c2cc[cH-]c2c1. The first-order valence-electron chi connectivity index (χ1n) is 10.7. The van der Waals surface area contributed by atoms with Gasteiger partial charge in [-0.3, -0.25) is 0 Å². The van der Waals surface area contributed by atoms with Crippen LogP contribution < -0.4 is 0 Å². The second-order valence-electron chi connectivity index (χ2n) is 7.84. The molecule has 0 bridgehead atoms. The van der Waals surface area contributed by atoms with E-state index in [0.29, 0.717) is 0 Å². The second kappa shape index (κ2) is 11.2. The average molecular weight is 551 g/mol. The van der Waals surface area contributed by atoms with Crippen LogP contribution in [0.1, 0.15) is 11.3 Å². The summed E-state index contributed by atoms with van der Waals surface area (Å²) < 4.78 is 4.39. The van der Waals surface area contributed by atoms with Crippen LogP contribution in [0, 0.1) is 13.8 Å². The van der Waals surface area contributed by atoms with Gasteiger partial charge in [0.25, 0.3) is 0 Å². The van der Waals surface area contributed by atoms with Gasteiger partial charge in [-0.25, -0.2) is 0 Å². The van der Waals surface area contributed by atoms with E-state index in [-0.39, 0.29) is 0 Å². The Morgan fingerprint density at radius 1 is 0.818 bits per heavy atom. The molecular weight excluding hydrogens is 526 g/mol. The third-order valence-electron chi connectivity index (χ3n) is 5.57. The maximum absolute atomic E-state index is 4.93. The molecule has 0 atom stereocenters. The molecule has 5 heteroatoms. The summed E-state index contributed by atoms with van der Waals surface area (Å²) >= 11 is -0.826. The topological polar surface area (TPSA) is 9.86 Å². The molecule has 0 N–H and O–H groups in total. The summed E-state index contributed by atoms with van der Waals surface area (Å²) in [6.07, 6.45) is 6.33. The van der Waals surface area contributed by atoms with Crippen LogP contribution in [0.4, 0.5) is 0 Å². The minimum atomic E-state index is -0.826. The molecule has 0 aliphatic rings. The number of aromatic nitrogens is 2. The number of hydrogen-bond acceptors (Lipinski definition) is 0. The fraction of sp³-hybridized carbons (Fsp3) is 0.0714. The van der Waals surface area contributed by atoms with Gasteiger partial charge >= 0.3 is 37.9 Å². The van der Waals surface area contributed by atoms with Crippen molar-refractivity contribution >= 4 is 38.6 Å². The molecular formula is C28H24Cl2N2Zr. The van der Waals surface area contributed by atoms with Gasteiger partial charge in [-0.15, -0.1) is 70.1 Å². The third-order valence-corrected chi connectivity index (χ3v) is 5.57. The summed E-state index contributed by atoms with van der Waals surface area (Å²) in [6, 6.07) is 32.0. The van der Waals surface area contributed by atoms with Gasteiger partial charge in [0.2, 0.25) is 0 Å².